The van der Waals surface area contributed by atoms with E-state index in [9.17, 15) is 0 Å². The molecule has 0 radical (unpaired) electrons. The maximum absolute atomic E-state index is 2.48. The molecule has 20 rings (SSSR count). The predicted molar refractivity (Wildman–Crippen MR) is 335 cm³/mol. The molecule has 0 spiro atoms. The second-order valence-corrected chi connectivity index (χ2v) is 24.7. The van der Waals surface area contributed by atoms with E-state index in [0.717, 1.165) is 44.9 Å². The summed E-state index contributed by atoms with van der Waals surface area (Å²) in [5, 5.41) is 0. The van der Waals surface area contributed by atoms with E-state index < -0.39 is 0 Å². The lowest BCUT2D eigenvalue weighted by Crippen LogP contribution is -1.96. The number of benzene rings is 7. The lowest BCUT2D eigenvalue weighted by Gasteiger charge is -2.14. The maximum atomic E-state index is 2.48. The summed E-state index contributed by atoms with van der Waals surface area (Å²) in [6, 6.07) is 46.0. The zero-order valence-electron chi connectivity index (χ0n) is 46.0. The van der Waals surface area contributed by atoms with Crippen LogP contribution >= 0.6 is 0 Å². The van der Waals surface area contributed by atoms with Crippen LogP contribution in [0.5, 0.6) is 0 Å². The van der Waals surface area contributed by atoms with Crippen LogP contribution in [0.4, 0.5) is 0 Å². The van der Waals surface area contributed by atoms with E-state index in [-0.39, 0.29) is 0 Å². The van der Waals surface area contributed by atoms with Gasteiger partial charge in [0.1, 0.15) is 0 Å². The minimum Gasteiger partial charge on any atom is -0.0839 e. The number of allylic oxidation sites excluding steroid dienone is 20. The Bertz CT molecular complexity index is 4260. The SMILES string of the molecule is C1=CC2=C(CC1)Cc1c2ccc2c1C1=C(C=CCC1)C2.C1=CC2=C(CC1)c1c(ccc3c1-c1ccccc1C3)C2.C1=CC2=C(CC1)c1cc3c(cc1C2)-c1ccccc1C3.C1=CC2=C(CC1)c1cc3c(cc1C2)Cc1ccccc1-3. The van der Waals surface area contributed by atoms with Crippen molar-refractivity contribution in [3.8, 4) is 33.4 Å². The van der Waals surface area contributed by atoms with E-state index in [2.05, 4.69) is 182 Å². The van der Waals surface area contributed by atoms with Crippen LogP contribution in [-0.2, 0) is 51.4 Å². The quantitative estimate of drug-likeness (QED) is 0.142. The van der Waals surface area contributed by atoms with Crippen molar-refractivity contribution in [2.45, 2.75) is 116 Å². The molecule has 80 heavy (non-hydrogen) atoms. The second kappa shape index (κ2) is 18.8. The molecule has 0 heteroatoms. The normalized spacial score (nSPS) is 18.9. The molecule has 0 nitrogen and oxygen atoms in total. The summed E-state index contributed by atoms with van der Waals surface area (Å²) < 4.78 is 0. The fraction of sp³-hybridized carbons (Fsp3) is 0.225. The van der Waals surface area contributed by atoms with Gasteiger partial charge in [-0.25, -0.2) is 0 Å². The van der Waals surface area contributed by atoms with Gasteiger partial charge >= 0.3 is 0 Å². The van der Waals surface area contributed by atoms with Crippen molar-refractivity contribution in [3.63, 3.8) is 0 Å². The van der Waals surface area contributed by atoms with E-state index in [1.54, 1.807) is 83.5 Å². The molecule has 0 heterocycles. The van der Waals surface area contributed by atoms with Crippen molar-refractivity contribution >= 4 is 27.9 Å². The molecular weight excluding hydrogens is 961 g/mol. The van der Waals surface area contributed by atoms with Gasteiger partial charge in [0.2, 0.25) is 0 Å². The molecule has 7 aromatic rings. The molecule has 0 amide bonds. The van der Waals surface area contributed by atoms with Crippen LogP contribution in [-0.4, -0.2) is 0 Å². The molecular formula is C80H66. The van der Waals surface area contributed by atoms with E-state index in [1.165, 1.54) is 165 Å². The third-order valence-electron chi connectivity index (χ3n) is 20.3. The van der Waals surface area contributed by atoms with Gasteiger partial charge in [0.05, 0.1) is 0 Å². The zero-order chi connectivity index (χ0) is 52.4. The van der Waals surface area contributed by atoms with Crippen LogP contribution in [0.2, 0.25) is 0 Å². The minimum absolute atomic E-state index is 1.11. The van der Waals surface area contributed by atoms with Crippen LogP contribution in [0, 0.1) is 0 Å². The highest BCUT2D eigenvalue weighted by molar-refractivity contribution is 5.95. The summed E-state index contributed by atoms with van der Waals surface area (Å²) in [4.78, 5) is 0. The van der Waals surface area contributed by atoms with Gasteiger partial charge in [0, 0.05) is 0 Å². The Morgan fingerprint density at radius 1 is 0.237 bits per heavy atom. The minimum atomic E-state index is 1.11. The van der Waals surface area contributed by atoms with Gasteiger partial charge in [0.25, 0.3) is 0 Å². The van der Waals surface area contributed by atoms with E-state index in [1.807, 2.05) is 0 Å². The Hall–Kier alpha value is -8.06. The molecule has 0 aromatic heterocycles. The molecule has 0 saturated carbocycles. The molecule has 0 atom stereocenters. The third-order valence-corrected chi connectivity index (χ3v) is 20.3. The van der Waals surface area contributed by atoms with Crippen molar-refractivity contribution in [1.82, 2.24) is 0 Å². The summed E-state index contributed by atoms with van der Waals surface area (Å²) in [6.07, 6.45) is 44.8. The van der Waals surface area contributed by atoms with Gasteiger partial charge in [-0.15, -0.1) is 0 Å². The highest BCUT2D eigenvalue weighted by Crippen LogP contribution is 2.52. The average Bonchev–Trinajstić information content (AvgIpc) is 4.55. The van der Waals surface area contributed by atoms with Crippen LogP contribution < -0.4 is 0 Å². The van der Waals surface area contributed by atoms with Crippen LogP contribution in [0.1, 0.15) is 153 Å². The fourth-order valence-electron chi connectivity index (χ4n) is 16.6. The van der Waals surface area contributed by atoms with Crippen LogP contribution in [0.25, 0.3) is 61.2 Å². The van der Waals surface area contributed by atoms with Gasteiger partial charge in [-0.2, -0.15) is 0 Å². The number of rotatable bonds is 0. The highest BCUT2D eigenvalue weighted by Gasteiger charge is 2.33. The van der Waals surface area contributed by atoms with Crippen molar-refractivity contribution < 1.29 is 0 Å². The van der Waals surface area contributed by atoms with Crippen molar-refractivity contribution in [1.29, 1.82) is 0 Å². The largest absolute Gasteiger partial charge is 0.0839 e. The first-order valence-corrected chi connectivity index (χ1v) is 30.4. The summed E-state index contributed by atoms with van der Waals surface area (Å²) in [6.45, 7) is 0. The molecule has 0 N–H and O–H groups in total. The first-order valence-electron chi connectivity index (χ1n) is 30.4. The van der Waals surface area contributed by atoms with E-state index >= 15 is 0 Å². The van der Waals surface area contributed by atoms with Crippen molar-refractivity contribution in [3.05, 3.63) is 299 Å². The number of hydrogen-bond acceptors (Lipinski definition) is 0. The van der Waals surface area contributed by atoms with E-state index in [0.29, 0.717) is 0 Å². The van der Waals surface area contributed by atoms with Gasteiger partial charge in [-0.1, -0.05) is 176 Å². The van der Waals surface area contributed by atoms with Gasteiger partial charge in [0.15, 0.2) is 0 Å². The molecule has 0 fully saturated rings. The lowest BCUT2D eigenvalue weighted by atomic mass is 9.90. The molecule has 13 aliphatic rings. The molecule has 0 aliphatic heterocycles. The molecule has 7 aromatic carbocycles. The Labute approximate surface area is 473 Å². The summed E-state index contributed by atoms with van der Waals surface area (Å²) in [7, 11) is 0. The molecule has 386 valence electrons. The maximum Gasteiger partial charge on any atom is -0.00132 e. The van der Waals surface area contributed by atoms with Crippen molar-refractivity contribution in [2.75, 3.05) is 0 Å². The van der Waals surface area contributed by atoms with Gasteiger partial charge in [-0.05, 0) is 300 Å². The Balaban J connectivity index is 0.0000000853. The zero-order valence-corrected chi connectivity index (χ0v) is 46.0. The van der Waals surface area contributed by atoms with Crippen molar-refractivity contribution in [2.24, 2.45) is 0 Å². The summed E-state index contributed by atoms with van der Waals surface area (Å²) in [5.74, 6) is 0. The molecule has 0 saturated heterocycles. The monoisotopic (exact) mass is 1030 g/mol. The Kier molecular flexibility index (Phi) is 11.0. The number of hydrogen-bond donors (Lipinski definition) is 0. The van der Waals surface area contributed by atoms with Crippen LogP contribution in [0.3, 0.4) is 0 Å². The molecule has 0 bridgehead atoms. The standard InChI is InChI=1S/C20H18.3C20H16/c1-3-7-16-14(6-1)12-19-18(16)10-9-15-11-13-5-2-4-8-17(13)20(15)19;1-3-7-17-13(5-1)9-15-11-20-16(12-19(15)17)10-14-6-2-4-8-18(14)20;1-3-7-17-13(5-1)9-15-11-16-10-14-6-2-4-8-18(14)20(16)12-19(15)17;1-3-7-17-13(5-1)11-15-9-10-16-12-14-6-2-4-8-18(14)20(16)19(15)17/h2-3,5,7,9-10H,1,4,6,8,11-12H2;2*1-3,5-7,11-12H,4,8-10H2;1-3,5-7,9-10H,4,8,11-12H2. The van der Waals surface area contributed by atoms with Gasteiger partial charge in [-0.3, -0.25) is 0 Å². The smallest absolute Gasteiger partial charge is 0.00132 e. The topological polar surface area (TPSA) is 0 Å². The highest BCUT2D eigenvalue weighted by atomic mass is 14.4. The summed E-state index contributed by atoms with van der Waals surface area (Å²) >= 11 is 0. The summed E-state index contributed by atoms with van der Waals surface area (Å²) in [5.41, 5.74) is 49.5. The first-order chi connectivity index (χ1) is 39.6. The fourth-order valence-corrected chi connectivity index (χ4v) is 16.6. The molecule has 0 unspecified atom stereocenters. The lowest BCUT2D eigenvalue weighted by molar-refractivity contribution is 0.932. The molecule has 13 aliphatic carbocycles. The number of fused-ring (bicyclic) bond motifs is 21. The predicted octanol–water partition coefficient (Wildman–Crippen LogP) is 19.8. The van der Waals surface area contributed by atoms with Crippen LogP contribution in [0.15, 0.2) is 210 Å². The van der Waals surface area contributed by atoms with Gasteiger partial charge < -0.3 is 0 Å². The first kappa shape index (κ1) is 46.8. The Morgan fingerprint density at radius 2 is 0.662 bits per heavy atom. The third kappa shape index (κ3) is 7.54. The Morgan fingerprint density at radius 3 is 1.32 bits per heavy atom. The average molecular weight is 1030 g/mol. The van der Waals surface area contributed by atoms with E-state index in [4.69, 9.17) is 0 Å². The second-order valence-electron chi connectivity index (χ2n) is 24.7.